The predicted molar refractivity (Wildman–Crippen MR) is 73.3 cm³/mol. The minimum Gasteiger partial charge on any atom is -0.494 e. The Morgan fingerprint density at radius 2 is 2.17 bits per heavy atom. The van der Waals surface area contributed by atoms with E-state index >= 15 is 0 Å². The topological polar surface area (TPSA) is 44.5 Å². The number of hydrogen-bond acceptors (Lipinski definition) is 3. The molecule has 0 unspecified atom stereocenters. The summed E-state index contributed by atoms with van der Waals surface area (Å²) in [6, 6.07) is 2.12. The van der Waals surface area contributed by atoms with Crippen LogP contribution in [-0.4, -0.2) is 12.3 Å². The zero-order valence-electron chi connectivity index (χ0n) is 11.8. The SMILES string of the molecule is CCOc1cc2c(c(C)c1CC)O[C@](C)(N)CC2. The number of rotatable bonds is 3. The van der Waals surface area contributed by atoms with Crippen molar-refractivity contribution in [1.82, 2.24) is 0 Å². The van der Waals surface area contributed by atoms with E-state index in [1.165, 1.54) is 16.7 Å². The standard InChI is InChI=1S/C15H23NO2/c1-5-12-10(3)14-11(9-13(12)17-6-2)7-8-15(4,16)18-14/h9H,5-8,16H2,1-4H3/t15-/m0/s1. The lowest BCUT2D eigenvalue weighted by atomic mass is 9.93. The molecule has 0 aliphatic carbocycles. The second-order valence-electron chi connectivity index (χ2n) is 5.17. The van der Waals surface area contributed by atoms with Gasteiger partial charge in [-0.2, -0.15) is 0 Å². The number of hydrogen-bond donors (Lipinski definition) is 1. The normalized spacial score (nSPS) is 22.3. The molecule has 2 rings (SSSR count). The molecule has 0 aromatic heterocycles. The summed E-state index contributed by atoms with van der Waals surface area (Å²) in [5, 5.41) is 0. The van der Waals surface area contributed by atoms with Crippen molar-refractivity contribution in [3.05, 3.63) is 22.8 Å². The molecule has 1 heterocycles. The number of benzene rings is 1. The Balaban J connectivity index is 2.50. The average molecular weight is 249 g/mol. The van der Waals surface area contributed by atoms with Crippen LogP contribution in [0.4, 0.5) is 0 Å². The van der Waals surface area contributed by atoms with Gasteiger partial charge in [-0.3, -0.25) is 5.73 Å². The first-order chi connectivity index (χ1) is 8.48. The summed E-state index contributed by atoms with van der Waals surface area (Å²) in [7, 11) is 0. The van der Waals surface area contributed by atoms with Crippen LogP contribution in [0.1, 0.15) is 43.9 Å². The fraction of sp³-hybridized carbons (Fsp3) is 0.600. The first-order valence-corrected chi connectivity index (χ1v) is 6.74. The van der Waals surface area contributed by atoms with Gasteiger partial charge in [-0.25, -0.2) is 0 Å². The lowest BCUT2D eigenvalue weighted by molar-refractivity contribution is 0.0707. The summed E-state index contributed by atoms with van der Waals surface area (Å²) in [5.41, 5.74) is 9.17. The molecule has 0 radical (unpaired) electrons. The molecular formula is C15H23NO2. The predicted octanol–water partition coefficient (Wildman–Crippen LogP) is 2.96. The molecule has 18 heavy (non-hydrogen) atoms. The molecule has 100 valence electrons. The second kappa shape index (κ2) is 4.81. The monoisotopic (exact) mass is 249 g/mol. The van der Waals surface area contributed by atoms with E-state index in [1.807, 2.05) is 13.8 Å². The Bertz CT molecular complexity index is 452. The molecule has 1 aliphatic heterocycles. The molecule has 0 saturated carbocycles. The highest BCUT2D eigenvalue weighted by molar-refractivity contribution is 5.54. The van der Waals surface area contributed by atoms with E-state index in [0.717, 1.165) is 30.8 Å². The Morgan fingerprint density at radius 3 is 2.78 bits per heavy atom. The van der Waals surface area contributed by atoms with Crippen molar-refractivity contribution in [3.63, 3.8) is 0 Å². The van der Waals surface area contributed by atoms with Gasteiger partial charge in [0.05, 0.1) is 6.61 Å². The summed E-state index contributed by atoms with van der Waals surface area (Å²) < 4.78 is 11.7. The highest BCUT2D eigenvalue weighted by Crippen LogP contribution is 2.39. The molecule has 1 atom stereocenters. The van der Waals surface area contributed by atoms with E-state index in [0.29, 0.717) is 6.61 Å². The van der Waals surface area contributed by atoms with E-state index in [9.17, 15) is 0 Å². The Labute approximate surface area is 109 Å². The average Bonchev–Trinajstić information content (AvgIpc) is 2.31. The maximum atomic E-state index is 6.10. The van der Waals surface area contributed by atoms with Gasteiger partial charge in [0.25, 0.3) is 0 Å². The maximum absolute atomic E-state index is 6.10. The minimum atomic E-state index is -0.546. The van der Waals surface area contributed by atoms with Gasteiger partial charge in [0.1, 0.15) is 11.5 Å². The molecule has 1 aromatic carbocycles. The van der Waals surface area contributed by atoms with Gasteiger partial charge in [0.15, 0.2) is 5.72 Å². The van der Waals surface area contributed by atoms with Crippen molar-refractivity contribution in [2.24, 2.45) is 5.73 Å². The van der Waals surface area contributed by atoms with Gasteiger partial charge in [0, 0.05) is 12.0 Å². The van der Waals surface area contributed by atoms with Crippen LogP contribution < -0.4 is 15.2 Å². The Hall–Kier alpha value is -1.22. The van der Waals surface area contributed by atoms with E-state index in [2.05, 4.69) is 19.9 Å². The Kier molecular flexibility index (Phi) is 3.53. The van der Waals surface area contributed by atoms with E-state index in [1.54, 1.807) is 0 Å². The first kappa shape index (κ1) is 13.2. The molecule has 1 aliphatic rings. The summed E-state index contributed by atoms with van der Waals surface area (Å²) in [6.45, 7) is 8.89. The molecule has 0 bridgehead atoms. The fourth-order valence-corrected chi connectivity index (χ4v) is 2.59. The first-order valence-electron chi connectivity index (χ1n) is 6.74. The highest BCUT2D eigenvalue weighted by atomic mass is 16.5. The third kappa shape index (κ3) is 2.32. The van der Waals surface area contributed by atoms with Crippen LogP contribution in [0.15, 0.2) is 6.07 Å². The second-order valence-corrected chi connectivity index (χ2v) is 5.17. The van der Waals surface area contributed by atoms with Crippen LogP contribution in [0.25, 0.3) is 0 Å². The zero-order chi connectivity index (χ0) is 13.3. The quantitative estimate of drug-likeness (QED) is 0.895. The number of fused-ring (bicyclic) bond motifs is 1. The summed E-state index contributed by atoms with van der Waals surface area (Å²) in [4.78, 5) is 0. The molecule has 0 fully saturated rings. The summed E-state index contributed by atoms with van der Waals surface area (Å²) in [6.07, 6.45) is 2.74. The van der Waals surface area contributed by atoms with Gasteiger partial charge >= 0.3 is 0 Å². The zero-order valence-corrected chi connectivity index (χ0v) is 11.8. The van der Waals surface area contributed by atoms with Crippen molar-refractivity contribution < 1.29 is 9.47 Å². The number of aryl methyl sites for hydroxylation is 1. The van der Waals surface area contributed by atoms with Crippen LogP contribution in [0.2, 0.25) is 0 Å². The van der Waals surface area contributed by atoms with Gasteiger partial charge < -0.3 is 9.47 Å². The molecule has 1 aromatic rings. The molecule has 3 heteroatoms. The number of ether oxygens (including phenoxy) is 2. The maximum Gasteiger partial charge on any atom is 0.156 e. The smallest absolute Gasteiger partial charge is 0.156 e. The van der Waals surface area contributed by atoms with Gasteiger partial charge in [-0.1, -0.05) is 6.92 Å². The van der Waals surface area contributed by atoms with Crippen LogP contribution in [0.5, 0.6) is 11.5 Å². The molecule has 2 N–H and O–H groups in total. The van der Waals surface area contributed by atoms with Crippen molar-refractivity contribution >= 4 is 0 Å². The van der Waals surface area contributed by atoms with Crippen molar-refractivity contribution in [3.8, 4) is 11.5 Å². The van der Waals surface area contributed by atoms with Crippen LogP contribution in [-0.2, 0) is 12.8 Å². The van der Waals surface area contributed by atoms with Gasteiger partial charge in [-0.15, -0.1) is 0 Å². The summed E-state index contributed by atoms with van der Waals surface area (Å²) >= 11 is 0. The third-order valence-corrected chi connectivity index (χ3v) is 3.57. The molecule has 0 spiro atoms. The molecular weight excluding hydrogens is 226 g/mol. The fourth-order valence-electron chi connectivity index (χ4n) is 2.59. The van der Waals surface area contributed by atoms with Crippen molar-refractivity contribution in [2.45, 2.75) is 52.7 Å². The van der Waals surface area contributed by atoms with Crippen LogP contribution in [0.3, 0.4) is 0 Å². The third-order valence-electron chi connectivity index (χ3n) is 3.57. The van der Waals surface area contributed by atoms with Crippen molar-refractivity contribution in [2.75, 3.05) is 6.61 Å². The molecule has 0 saturated heterocycles. The van der Waals surface area contributed by atoms with Crippen LogP contribution >= 0.6 is 0 Å². The highest BCUT2D eigenvalue weighted by Gasteiger charge is 2.29. The Morgan fingerprint density at radius 1 is 1.44 bits per heavy atom. The van der Waals surface area contributed by atoms with Crippen LogP contribution in [0, 0.1) is 6.92 Å². The van der Waals surface area contributed by atoms with Gasteiger partial charge in [0.2, 0.25) is 0 Å². The van der Waals surface area contributed by atoms with E-state index < -0.39 is 5.72 Å². The molecule has 3 nitrogen and oxygen atoms in total. The molecule has 0 amide bonds. The van der Waals surface area contributed by atoms with E-state index in [4.69, 9.17) is 15.2 Å². The van der Waals surface area contributed by atoms with Crippen molar-refractivity contribution in [1.29, 1.82) is 0 Å². The van der Waals surface area contributed by atoms with E-state index in [-0.39, 0.29) is 0 Å². The summed E-state index contributed by atoms with van der Waals surface area (Å²) in [5.74, 6) is 1.96. The lowest BCUT2D eigenvalue weighted by Gasteiger charge is -2.34. The minimum absolute atomic E-state index is 0.546. The van der Waals surface area contributed by atoms with Gasteiger partial charge in [-0.05, 0) is 50.8 Å². The largest absolute Gasteiger partial charge is 0.494 e. The number of nitrogens with two attached hydrogens (primary N) is 1. The lowest BCUT2D eigenvalue weighted by Crippen LogP contribution is -2.45.